The summed E-state index contributed by atoms with van der Waals surface area (Å²) < 4.78 is 13.9. The Labute approximate surface area is 235 Å². The maximum absolute atomic E-state index is 13.9. The Bertz CT molecular complexity index is 1390. The number of amides is 2. The number of halogens is 1. The molecule has 0 aromatic heterocycles. The molecule has 1 fully saturated rings. The predicted molar refractivity (Wildman–Crippen MR) is 157 cm³/mol. The molecule has 2 amide bonds. The minimum absolute atomic E-state index is 0.0788. The average Bonchev–Trinajstić information content (AvgIpc) is 3.26. The fraction of sp³-hybridized carbons (Fsp3) is 0.364. The largest absolute Gasteiger partial charge is 0.352 e. The lowest BCUT2D eigenvalue weighted by molar-refractivity contribution is -0.122. The fourth-order valence-corrected chi connectivity index (χ4v) is 5.75. The number of benzene rings is 3. The number of hydrogen-bond acceptors (Lipinski definition) is 4. The van der Waals surface area contributed by atoms with Crippen molar-refractivity contribution < 1.29 is 14.0 Å². The van der Waals surface area contributed by atoms with E-state index in [1.807, 2.05) is 62.6 Å². The van der Waals surface area contributed by atoms with Gasteiger partial charge in [0.05, 0.1) is 11.4 Å². The van der Waals surface area contributed by atoms with Crippen molar-refractivity contribution >= 4 is 28.9 Å². The quantitative estimate of drug-likeness (QED) is 0.312. The first kappa shape index (κ1) is 27.7. The normalized spacial score (nSPS) is 17.6. The molecular weight excluding hydrogens is 503 g/mol. The summed E-state index contributed by atoms with van der Waals surface area (Å²) in [5, 5.41) is 5.91. The van der Waals surface area contributed by atoms with Gasteiger partial charge < -0.3 is 15.5 Å². The van der Waals surface area contributed by atoms with Crippen LogP contribution in [0, 0.1) is 11.7 Å². The Balaban J connectivity index is 1.42. The van der Waals surface area contributed by atoms with E-state index in [-0.39, 0.29) is 11.8 Å². The summed E-state index contributed by atoms with van der Waals surface area (Å²) in [6, 6.07) is 20.1. The minimum atomic E-state index is -0.687. The molecule has 0 spiro atoms. The molecule has 1 atom stereocenters. The minimum Gasteiger partial charge on any atom is -0.352 e. The van der Waals surface area contributed by atoms with Crippen molar-refractivity contribution in [1.29, 1.82) is 0 Å². The number of rotatable bonds is 9. The van der Waals surface area contributed by atoms with Crippen molar-refractivity contribution in [3.05, 3.63) is 94.8 Å². The molecule has 2 aliphatic rings. The maximum atomic E-state index is 13.9. The van der Waals surface area contributed by atoms with Crippen molar-refractivity contribution in [2.45, 2.75) is 57.5 Å². The zero-order chi connectivity index (χ0) is 28.1. The van der Waals surface area contributed by atoms with Crippen LogP contribution in [0.25, 0.3) is 0 Å². The number of carbonyl (C=O) groups excluding carboxylic acids is 2. The van der Waals surface area contributed by atoms with Crippen LogP contribution in [0.4, 0.5) is 15.8 Å². The number of carbonyl (C=O) groups is 2. The van der Waals surface area contributed by atoms with E-state index in [1.54, 1.807) is 6.07 Å². The van der Waals surface area contributed by atoms with Crippen LogP contribution in [0.15, 0.2) is 71.7 Å². The monoisotopic (exact) mass is 540 g/mol. The molecular formula is C33H37FN4O2. The Hall–Kier alpha value is -3.84. The first-order chi connectivity index (χ1) is 19.4. The molecule has 0 radical (unpaired) electrons. The number of aliphatic imine (C=N–C) groups is 1. The van der Waals surface area contributed by atoms with Crippen LogP contribution in [0.3, 0.4) is 0 Å². The molecule has 7 heteroatoms. The SMILES string of the molecule is CN(C)Cc1ccc(N=C(c2cccc(CNC(=O)CC3CCCCC3)c2)C2C(=O)Nc3cc(F)ccc32)cc1. The van der Waals surface area contributed by atoms with E-state index in [4.69, 9.17) is 4.99 Å². The lowest BCUT2D eigenvalue weighted by Gasteiger charge is -2.21. The van der Waals surface area contributed by atoms with Crippen LogP contribution in [0.2, 0.25) is 0 Å². The van der Waals surface area contributed by atoms with Gasteiger partial charge in [0.25, 0.3) is 0 Å². The standard InChI is InChI=1S/C33H37FN4O2/c1-38(2)21-23-11-14-27(15-12-23)36-32(31-28-16-13-26(34)19-29(28)37-33(31)40)25-10-6-9-24(17-25)20-35-30(39)18-22-7-4-3-5-8-22/h6,9-17,19,22,31H,3-5,7-8,18,20-21H2,1-2H3,(H,35,39)(H,37,40). The molecule has 5 rings (SSSR count). The first-order valence-electron chi connectivity index (χ1n) is 14.1. The van der Waals surface area contributed by atoms with E-state index in [1.165, 1.54) is 31.4 Å². The molecule has 3 aromatic carbocycles. The summed E-state index contributed by atoms with van der Waals surface area (Å²) in [6.07, 6.45) is 6.54. The second-order valence-corrected chi connectivity index (χ2v) is 11.2. The Kier molecular flexibility index (Phi) is 8.70. The third-order valence-corrected chi connectivity index (χ3v) is 7.72. The van der Waals surface area contributed by atoms with Crippen LogP contribution in [0.5, 0.6) is 0 Å². The molecule has 40 heavy (non-hydrogen) atoms. The van der Waals surface area contributed by atoms with Crippen LogP contribution >= 0.6 is 0 Å². The van der Waals surface area contributed by atoms with Crippen molar-refractivity contribution in [3.63, 3.8) is 0 Å². The summed E-state index contributed by atoms with van der Waals surface area (Å²) in [7, 11) is 4.04. The fourth-order valence-electron chi connectivity index (χ4n) is 5.75. The van der Waals surface area contributed by atoms with Gasteiger partial charge in [-0.05, 0) is 85.4 Å². The molecule has 1 heterocycles. The molecule has 1 saturated carbocycles. The van der Waals surface area contributed by atoms with Gasteiger partial charge in [-0.1, -0.05) is 55.7 Å². The van der Waals surface area contributed by atoms with Gasteiger partial charge >= 0.3 is 0 Å². The summed E-state index contributed by atoms with van der Waals surface area (Å²) >= 11 is 0. The van der Waals surface area contributed by atoms with Gasteiger partial charge in [0, 0.05) is 25.2 Å². The molecule has 0 bridgehead atoms. The molecule has 1 unspecified atom stereocenters. The summed E-state index contributed by atoms with van der Waals surface area (Å²) in [5.74, 6) is -0.771. The van der Waals surface area contributed by atoms with Gasteiger partial charge in [0.1, 0.15) is 11.7 Å². The lowest BCUT2D eigenvalue weighted by atomic mass is 9.87. The van der Waals surface area contributed by atoms with Crippen LogP contribution in [0.1, 0.15) is 66.7 Å². The van der Waals surface area contributed by atoms with E-state index in [0.29, 0.717) is 35.8 Å². The van der Waals surface area contributed by atoms with Gasteiger partial charge in [-0.15, -0.1) is 0 Å². The summed E-state index contributed by atoms with van der Waals surface area (Å²) in [4.78, 5) is 32.9. The zero-order valence-electron chi connectivity index (χ0n) is 23.3. The van der Waals surface area contributed by atoms with E-state index in [9.17, 15) is 14.0 Å². The van der Waals surface area contributed by atoms with Gasteiger partial charge in [0.15, 0.2) is 0 Å². The highest BCUT2D eigenvalue weighted by molar-refractivity contribution is 6.24. The second-order valence-electron chi connectivity index (χ2n) is 11.2. The highest BCUT2D eigenvalue weighted by Gasteiger charge is 2.35. The molecule has 6 nitrogen and oxygen atoms in total. The van der Waals surface area contributed by atoms with Crippen molar-refractivity contribution in [2.24, 2.45) is 10.9 Å². The van der Waals surface area contributed by atoms with Gasteiger partial charge in [0.2, 0.25) is 11.8 Å². The molecule has 3 aromatic rings. The van der Waals surface area contributed by atoms with E-state index in [0.717, 1.165) is 41.8 Å². The first-order valence-corrected chi connectivity index (χ1v) is 14.1. The Morgan fingerprint density at radius 2 is 1.77 bits per heavy atom. The molecule has 1 aliphatic carbocycles. The van der Waals surface area contributed by atoms with Crippen LogP contribution < -0.4 is 10.6 Å². The number of nitrogens with one attached hydrogen (secondary N) is 2. The zero-order valence-corrected chi connectivity index (χ0v) is 23.3. The number of nitrogens with zero attached hydrogens (tertiary/aromatic N) is 2. The third kappa shape index (κ3) is 6.83. The highest BCUT2D eigenvalue weighted by Crippen LogP contribution is 2.37. The lowest BCUT2D eigenvalue weighted by Crippen LogP contribution is -2.26. The van der Waals surface area contributed by atoms with Crippen molar-refractivity contribution in [2.75, 3.05) is 19.4 Å². The summed E-state index contributed by atoms with van der Waals surface area (Å²) in [5.41, 5.74) is 5.35. The number of hydrogen-bond donors (Lipinski definition) is 2. The highest BCUT2D eigenvalue weighted by atomic mass is 19.1. The topological polar surface area (TPSA) is 73.8 Å². The number of fused-ring (bicyclic) bond motifs is 1. The predicted octanol–water partition coefficient (Wildman–Crippen LogP) is 6.33. The Morgan fingerprint density at radius 1 is 1.00 bits per heavy atom. The van der Waals surface area contributed by atoms with E-state index < -0.39 is 11.7 Å². The van der Waals surface area contributed by atoms with Gasteiger partial charge in [-0.2, -0.15) is 0 Å². The molecule has 2 N–H and O–H groups in total. The van der Waals surface area contributed by atoms with E-state index in [2.05, 4.69) is 15.5 Å². The van der Waals surface area contributed by atoms with Crippen LogP contribution in [-0.2, 0) is 22.7 Å². The molecule has 208 valence electrons. The molecule has 0 saturated heterocycles. The van der Waals surface area contributed by atoms with E-state index >= 15 is 0 Å². The maximum Gasteiger partial charge on any atom is 0.238 e. The second kappa shape index (κ2) is 12.6. The molecule has 1 aliphatic heterocycles. The van der Waals surface area contributed by atoms with Crippen LogP contribution in [-0.4, -0.2) is 36.5 Å². The van der Waals surface area contributed by atoms with Gasteiger partial charge in [-0.25, -0.2) is 4.39 Å². The third-order valence-electron chi connectivity index (χ3n) is 7.72. The number of anilines is 1. The van der Waals surface area contributed by atoms with Crippen molar-refractivity contribution in [3.8, 4) is 0 Å². The average molecular weight is 541 g/mol. The van der Waals surface area contributed by atoms with Crippen molar-refractivity contribution in [1.82, 2.24) is 10.2 Å². The summed E-state index contributed by atoms with van der Waals surface area (Å²) in [6.45, 7) is 1.22. The smallest absolute Gasteiger partial charge is 0.238 e. The Morgan fingerprint density at radius 3 is 2.52 bits per heavy atom. The van der Waals surface area contributed by atoms with Gasteiger partial charge in [-0.3, -0.25) is 14.6 Å².